The topological polar surface area (TPSA) is 64.6 Å². The number of amides is 1. The Morgan fingerprint density at radius 3 is 2.53 bits per heavy atom. The smallest absolute Gasteiger partial charge is 0.407 e. The number of hydrogen-bond acceptors (Lipinski definition) is 4. The molecule has 0 aromatic heterocycles. The molecule has 1 N–H and O–H groups in total. The molecular weight excluding hydrogens is 246 g/mol. The molecule has 0 bridgehead atoms. The molecule has 0 aliphatic carbocycles. The number of hydrogen-bond donors (Lipinski definition) is 1. The molecule has 1 unspecified atom stereocenters. The Balaban J connectivity index is 2.23. The number of rotatable bonds is 6. The Bertz CT molecular complexity index is 405. The van der Waals surface area contributed by atoms with Gasteiger partial charge in [0.15, 0.2) is 0 Å². The number of esters is 1. The van der Waals surface area contributed by atoms with Crippen LogP contribution in [-0.4, -0.2) is 25.2 Å². The van der Waals surface area contributed by atoms with Crippen LogP contribution in [0.3, 0.4) is 0 Å². The van der Waals surface area contributed by atoms with Gasteiger partial charge in [-0.3, -0.25) is 4.79 Å². The second-order valence-corrected chi connectivity index (χ2v) is 4.10. The van der Waals surface area contributed by atoms with Crippen molar-refractivity contribution in [2.24, 2.45) is 5.92 Å². The van der Waals surface area contributed by atoms with Gasteiger partial charge in [-0.2, -0.15) is 0 Å². The average Bonchev–Trinajstić information content (AvgIpc) is 2.43. The third kappa shape index (κ3) is 5.90. The van der Waals surface area contributed by atoms with E-state index in [0.717, 1.165) is 5.56 Å². The molecule has 5 heteroatoms. The predicted molar refractivity (Wildman–Crippen MR) is 70.4 cm³/mol. The zero-order valence-electron chi connectivity index (χ0n) is 11.2. The van der Waals surface area contributed by atoms with Crippen molar-refractivity contribution in [2.75, 3.05) is 13.2 Å². The Hall–Kier alpha value is -2.04. The Labute approximate surface area is 112 Å². The number of ether oxygens (including phenoxy) is 2. The van der Waals surface area contributed by atoms with Crippen LogP contribution in [0.4, 0.5) is 4.79 Å². The van der Waals surface area contributed by atoms with Crippen molar-refractivity contribution >= 4 is 12.1 Å². The number of benzene rings is 1. The maximum atomic E-state index is 11.4. The lowest BCUT2D eigenvalue weighted by atomic mass is 10.2. The van der Waals surface area contributed by atoms with Gasteiger partial charge in [-0.25, -0.2) is 4.79 Å². The largest absolute Gasteiger partial charge is 0.466 e. The fraction of sp³-hybridized carbons (Fsp3) is 0.429. The summed E-state index contributed by atoms with van der Waals surface area (Å²) in [6.45, 7) is 4.18. The summed E-state index contributed by atoms with van der Waals surface area (Å²) in [5, 5.41) is 2.53. The molecule has 0 fully saturated rings. The third-order valence-electron chi connectivity index (χ3n) is 2.45. The summed E-state index contributed by atoms with van der Waals surface area (Å²) in [5.74, 6) is -0.713. The van der Waals surface area contributed by atoms with Gasteiger partial charge in [0.25, 0.3) is 0 Å². The van der Waals surface area contributed by atoms with Crippen molar-refractivity contribution in [2.45, 2.75) is 20.5 Å². The summed E-state index contributed by atoms with van der Waals surface area (Å²) in [6.07, 6.45) is -0.542. The zero-order chi connectivity index (χ0) is 14.1. The van der Waals surface area contributed by atoms with Crippen LogP contribution >= 0.6 is 0 Å². The monoisotopic (exact) mass is 265 g/mol. The SMILES string of the molecule is CCOC(=O)C(C)CNC(=O)OCc1ccccc1. The van der Waals surface area contributed by atoms with E-state index in [4.69, 9.17) is 9.47 Å². The van der Waals surface area contributed by atoms with Crippen molar-refractivity contribution in [3.05, 3.63) is 35.9 Å². The van der Waals surface area contributed by atoms with E-state index in [0.29, 0.717) is 6.61 Å². The molecule has 1 aromatic rings. The van der Waals surface area contributed by atoms with Crippen LogP contribution in [0.2, 0.25) is 0 Å². The molecule has 5 nitrogen and oxygen atoms in total. The predicted octanol–water partition coefficient (Wildman–Crippen LogP) is 2.11. The fourth-order valence-corrected chi connectivity index (χ4v) is 1.38. The maximum Gasteiger partial charge on any atom is 0.407 e. The van der Waals surface area contributed by atoms with E-state index in [1.54, 1.807) is 13.8 Å². The normalized spacial score (nSPS) is 11.5. The van der Waals surface area contributed by atoms with Gasteiger partial charge in [-0.1, -0.05) is 37.3 Å². The minimum absolute atomic E-state index is 0.201. The Morgan fingerprint density at radius 2 is 1.89 bits per heavy atom. The van der Waals surface area contributed by atoms with Gasteiger partial charge in [-0.15, -0.1) is 0 Å². The standard InChI is InChI=1S/C14H19NO4/c1-3-18-13(16)11(2)9-15-14(17)19-10-12-7-5-4-6-8-12/h4-8,11H,3,9-10H2,1-2H3,(H,15,17). The van der Waals surface area contributed by atoms with Crippen LogP contribution < -0.4 is 5.32 Å². The van der Waals surface area contributed by atoms with Gasteiger partial charge in [0.2, 0.25) is 0 Å². The zero-order valence-corrected chi connectivity index (χ0v) is 11.2. The number of carbonyl (C=O) groups is 2. The first-order chi connectivity index (χ1) is 9.13. The molecule has 1 rings (SSSR count). The summed E-state index contributed by atoms with van der Waals surface area (Å²) in [7, 11) is 0. The van der Waals surface area contributed by atoms with Crippen molar-refractivity contribution < 1.29 is 19.1 Å². The minimum Gasteiger partial charge on any atom is -0.466 e. The highest BCUT2D eigenvalue weighted by atomic mass is 16.5. The molecule has 1 amide bonds. The van der Waals surface area contributed by atoms with Gasteiger partial charge in [-0.05, 0) is 12.5 Å². The average molecular weight is 265 g/mol. The van der Waals surface area contributed by atoms with Crippen LogP contribution in [0, 0.1) is 5.92 Å². The second kappa shape index (κ2) is 8.13. The van der Waals surface area contributed by atoms with E-state index in [1.807, 2.05) is 30.3 Å². The maximum absolute atomic E-state index is 11.4. The highest BCUT2D eigenvalue weighted by Crippen LogP contribution is 2.01. The molecule has 19 heavy (non-hydrogen) atoms. The van der Waals surface area contributed by atoms with Crippen LogP contribution in [0.15, 0.2) is 30.3 Å². The van der Waals surface area contributed by atoms with Gasteiger partial charge in [0.1, 0.15) is 6.61 Å². The molecule has 0 aliphatic rings. The van der Waals surface area contributed by atoms with Crippen molar-refractivity contribution in [3.8, 4) is 0 Å². The van der Waals surface area contributed by atoms with E-state index in [-0.39, 0.29) is 25.0 Å². The first kappa shape index (κ1) is 15.0. The number of alkyl carbamates (subject to hydrolysis) is 1. The molecular formula is C14H19NO4. The number of nitrogens with one attached hydrogen (secondary N) is 1. The molecule has 0 aliphatic heterocycles. The van der Waals surface area contributed by atoms with Crippen molar-refractivity contribution in [1.29, 1.82) is 0 Å². The molecule has 0 radical (unpaired) electrons. The lowest BCUT2D eigenvalue weighted by molar-refractivity contribution is -0.147. The lowest BCUT2D eigenvalue weighted by Crippen LogP contribution is -2.32. The summed E-state index contributed by atoms with van der Waals surface area (Å²) in [4.78, 5) is 22.7. The quantitative estimate of drug-likeness (QED) is 0.800. The number of carbonyl (C=O) groups excluding carboxylic acids is 2. The third-order valence-corrected chi connectivity index (χ3v) is 2.45. The second-order valence-electron chi connectivity index (χ2n) is 4.10. The Kier molecular flexibility index (Phi) is 6.43. The molecule has 0 saturated carbocycles. The minimum atomic E-state index is -0.542. The van der Waals surface area contributed by atoms with Gasteiger partial charge in [0, 0.05) is 6.54 Å². The van der Waals surface area contributed by atoms with Crippen LogP contribution in [-0.2, 0) is 20.9 Å². The highest BCUT2D eigenvalue weighted by Gasteiger charge is 2.15. The van der Waals surface area contributed by atoms with E-state index in [9.17, 15) is 9.59 Å². The van der Waals surface area contributed by atoms with E-state index < -0.39 is 6.09 Å². The molecule has 104 valence electrons. The summed E-state index contributed by atoms with van der Waals surface area (Å²) in [6, 6.07) is 9.38. The van der Waals surface area contributed by atoms with Gasteiger partial charge in [0.05, 0.1) is 12.5 Å². The van der Waals surface area contributed by atoms with E-state index >= 15 is 0 Å². The molecule has 0 heterocycles. The summed E-state index contributed by atoms with van der Waals surface area (Å²) < 4.78 is 9.85. The molecule has 1 atom stereocenters. The van der Waals surface area contributed by atoms with Crippen molar-refractivity contribution in [1.82, 2.24) is 5.32 Å². The van der Waals surface area contributed by atoms with E-state index in [2.05, 4.69) is 5.32 Å². The van der Waals surface area contributed by atoms with Crippen LogP contribution in [0.25, 0.3) is 0 Å². The highest BCUT2D eigenvalue weighted by molar-refractivity contribution is 5.73. The van der Waals surface area contributed by atoms with Gasteiger partial charge < -0.3 is 14.8 Å². The first-order valence-corrected chi connectivity index (χ1v) is 6.24. The fourth-order valence-electron chi connectivity index (χ4n) is 1.38. The molecule has 0 spiro atoms. The summed E-state index contributed by atoms with van der Waals surface area (Å²) in [5.41, 5.74) is 0.913. The molecule has 1 aromatic carbocycles. The first-order valence-electron chi connectivity index (χ1n) is 6.24. The van der Waals surface area contributed by atoms with Crippen LogP contribution in [0.5, 0.6) is 0 Å². The van der Waals surface area contributed by atoms with Crippen LogP contribution in [0.1, 0.15) is 19.4 Å². The summed E-state index contributed by atoms with van der Waals surface area (Å²) >= 11 is 0. The Morgan fingerprint density at radius 1 is 1.21 bits per heavy atom. The van der Waals surface area contributed by atoms with Crippen molar-refractivity contribution in [3.63, 3.8) is 0 Å². The lowest BCUT2D eigenvalue weighted by Gasteiger charge is -2.11. The van der Waals surface area contributed by atoms with E-state index in [1.165, 1.54) is 0 Å². The van der Waals surface area contributed by atoms with Gasteiger partial charge >= 0.3 is 12.1 Å². The molecule has 0 saturated heterocycles.